The molecule has 0 aliphatic rings. The first-order valence-corrected chi connectivity index (χ1v) is 4.88. The molecule has 5 heteroatoms. The first kappa shape index (κ1) is 11.1. The molecule has 1 aromatic heterocycles. The van der Waals surface area contributed by atoms with E-state index < -0.39 is 5.82 Å². The molecule has 0 radical (unpaired) electrons. The number of pyridine rings is 1. The predicted octanol–water partition coefficient (Wildman–Crippen LogP) is 2.09. The summed E-state index contributed by atoms with van der Waals surface area (Å²) in [6.07, 6.45) is 2.54. The van der Waals surface area contributed by atoms with Crippen LogP contribution in [0.2, 0.25) is 0 Å². The van der Waals surface area contributed by atoms with E-state index in [0.29, 0.717) is 12.2 Å². The molecular formula is C9H9BrFNO2. The van der Waals surface area contributed by atoms with Crippen LogP contribution in [0.3, 0.4) is 0 Å². The molecule has 0 fully saturated rings. The van der Waals surface area contributed by atoms with Crippen molar-refractivity contribution in [1.82, 2.24) is 4.98 Å². The molecule has 0 atom stereocenters. The van der Waals surface area contributed by atoms with Gasteiger partial charge >= 0.3 is 5.97 Å². The van der Waals surface area contributed by atoms with Gasteiger partial charge in [0.15, 0.2) is 5.82 Å². The van der Waals surface area contributed by atoms with Crippen molar-refractivity contribution in [3.63, 3.8) is 0 Å². The number of nitrogens with zero attached hydrogens (tertiary/aromatic N) is 1. The second-order valence-corrected chi connectivity index (χ2v) is 3.37. The lowest BCUT2D eigenvalue weighted by molar-refractivity contribution is -0.142. The Morgan fingerprint density at radius 3 is 3.00 bits per heavy atom. The Labute approximate surface area is 89.4 Å². The van der Waals surface area contributed by atoms with Gasteiger partial charge in [-0.1, -0.05) is 0 Å². The van der Waals surface area contributed by atoms with Crippen molar-refractivity contribution in [2.24, 2.45) is 0 Å². The van der Waals surface area contributed by atoms with E-state index in [1.54, 1.807) is 6.92 Å². The SMILES string of the molecule is CCOC(=O)Cc1cncc(F)c1Br. The quantitative estimate of drug-likeness (QED) is 0.783. The Kier molecular flexibility index (Phi) is 4.00. The van der Waals surface area contributed by atoms with Crippen molar-refractivity contribution < 1.29 is 13.9 Å². The van der Waals surface area contributed by atoms with Gasteiger partial charge < -0.3 is 4.74 Å². The van der Waals surface area contributed by atoms with E-state index in [4.69, 9.17) is 4.74 Å². The molecule has 0 saturated heterocycles. The second kappa shape index (κ2) is 5.05. The molecule has 0 saturated carbocycles. The number of carbonyl (C=O) groups excluding carboxylic acids is 1. The van der Waals surface area contributed by atoms with Crippen LogP contribution >= 0.6 is 15.9 Å². The predicted molar refractivity (Wildman–Crippen MR) is 52.2 cm³/mol. The Bertz CT molecular complexity index is 344. The van der Waals surface area contributed by atoms with Crippen LogP contribution in [-0.2, 0) is 16.0 Å². The summed E-state index contributed by atoms with van der Waals surface area (Å²) in [5.41, 5.74) is 0.489. The van der Waals surface area contributed by atoms with Crippen molar-refractivity contribution in [2.75, 3.05) is 6.61 Å². The highest BCUT2D eigenvalue weighted by Crippen LogP contribution is 2.19. The number of hydrogen-bond donors (Lipinski definition) is 0. The van der Waals surface area contributed by atoms with E-state index in [1.165, 1.54) is 6.20 Å². The average Bonchev–Trinajstić information content (AvgIpc) is 2.13. The molecule has 0 amide bonds. The van der Waals surface area contributed by atoms with Crippen molar-refractivity contribution in [3.8, 4) is 0 Å². The van der Waals surface area contributed by atoms with Gasteiger partial charge in [-0.2, -0.15) is 0 Å². The first-order valence-electron chi connectivity index (χ1n) is 4.08. The second-order valence-electron chi connectivity index (χ2n) is 2.58. The number of hydrogen-bond acceptors (Lipinski definition) is 3. The Morgan fingerprint density at radius 2 is 2.36 bits per heavy atom. The number of rotatable bonds is 3. The lowest BCUT2D eigenvalue weighted by atomic mass is 10.2. The summed E-state index contributed by atoms with van der Waals surface area (Å²) in [5.74, 6) is -0.868. The van der Waals surface area contributed by atoms with E-state index in [2.05, 4.69) is 20.9 Å². The largest absolute Gasteiger partial charge is 0.466 e. The monoisotopic (exact) mass is 261 g/mol. The van der Waals surface area contributed by atoms with E-state index in [1.807, 2.05) is 0 Å². The van der Waals surface area contributed by atoms with Gasteiger partial charge in [-0.25, -0.2) is 4.39 Å². The van der Waals surface area contributed by atoms with Crippen molar-refractivity contribution >= 4 is 21.9 Å². The summed E-state index contributed by atoms with van der Waals surface area (Å²) < 4.78 is 17.9. The van der Waals surface area contributed by atoms with Crippen molar-refractivity contribution in [2.45, 2.75) is 13.3 Å². The maximum absolute atomic E-state index is 13.0. The summed E-state index contributed by atoms with van der Waals surface area (Å²) in [6, 6.07) is 0. The van der Waals surface area contributed by atoms with Crippen LogP contribution in [0.1, 0.15) is 12.5 Å². The third-order valence-electron chi connectivity index (χ3n) is 1.55. The number of esters is 1. The fraction of sp³-hybridized carbons (Fsp3) is 0.333. The van der Waals surface area contributed by atoms with Crippen LogP contribution < -0.4 is 0 Å². The molecule has 0 aliphatic heterocycles. The third-order valence-corrected chi connectivity index (χ3v) is 2.44. The molecule has 1 heterocycles. The van der Waals surface area contributed by atoms with Crippen LogP contribution in [0, 0.1) is 5.82 Å². The molecule has 1 aromatic rings. The molecule has 0 aromatic carbocycles. The summed E-state index contributed by atoms with van der Waals surface area (Å²) in [6.45, 7) is 2.04. The van der Waals surface area contributed by atoms with Crippen LogP contribution in [0.4, 0.5) is 4.39 Å². The van der Waals surface area contributed by atoms with Crippen LogP contribution in [0.15, 0.2) is 16.9 Å². The number of aromatic nitrogens is 1. The minimum absolute atomic E-state index is 0.0270. The third kappa shape index (κ3) is 2.77. The van der Waals surface area contributed by atoms with Gasteiger partial charge in [0.05, 0.1) is 23.7 Å². The summed E-state index contributed by atoms with van der Waals surface area (Å²) in [5, 5.41) is 0. The molecule has 0 unspecified atom stereocenters. The van der Waals surface area contributed by atoms with Crippen LogP contribution in [0.25, 0.3) is 0 Å². The Morgan fingerprint density at radius 1 is 1.64 bits per heavy atom. The number of ether oxygens (including phenoxy) is 1. The molecule has 0 bridgehead atoms. The summed E-state index contributed by atoms with van der Waals surface area (Å²) in [7, 11) is 0. The van der Waals surface area contributed by atoms with Gasteiger partial charge in [0.1, 0.15) is 0 Å². The van der Waals surface area contributed by atoms with Gasteiger partial charge in [0, 0.05) is 6.20 Å². The summed E-state index contributed by atoms with van der Waals surface area (Å²) >= 11 is 3.04. The molecule has 3 nitrogen and oxygen atoms in total. The molecule has 1 rings (SSSR count). The Hall–Kier alpha value is -0.970. The van der Waals surface area contributed by atoms with Crippen molar-refractivity contribution in [3.05, 3.63) is 28.2 Å². The molecule has 0 spiro atoms. The minimum Gasteiger partial charge on any atom is -0.466 e. The zero-order valence-corrected chi connectivity index (χ0v) is 9.17. The minimum atomic E-state index is -0.480. The normalized spacial score (nSPS) is 9.93. The van der Waals surface area contributed by atoms with Gasteiger partial charge in [-0.05, 0) is 28.4 Å². The fourth-order valence-electron chi connectivity index (χ4n) is 0.950. The summed E-state index contributed by atoms with van der Waals surface area (Å²) in [4.78, 5) is 14.7. The molecule has 0 aliphatic carbocycles. The highest BCUT2D eigenvalue weighted by atomic mass is 79.9. The lowest BCUT2D eigenvalue weighted by Crippen LogP contribution is -2.08. The number of carbonyl (C=O) groups is 1. The van der Waals surface area contributed by atoms with E-state index in [0.717, 1.165) is 6.20 Å². The van der Waals surface area contributed by atoms with Gasteiger partial charge in [0.25, 0.3) is 0 Å². The highest BCUT2D eigenvalue weighted by molar-refractivity contribution is 9.10. The van der Waals surface area contributed by atoms with E-state index in [-0.39, 0.29) is 16.9 Å². The van der Waals surface area contributed by atoms with Crippen molar-refractivity contribution in [1.29, 1.82) is 0 Å². The topological polar surface area (TPSA) is 39.2 Å². The van der Waals surface area contributed by atoms with Crippen LogP contribution in [0.5, 0.6) is 0 Å². The highest BCUT2D eigenvalue weighted by Gasteiger charge is 2.10. The maximum Gasteiger partial charge on any atom is 0.310 e. The fourth-order valence-corrected chi connectivity index (χ4v) is 1.30. The zero-order valence-electron chi connectivity index (χ0n) is 7.59. The first-order chi connectivity index (χ1) is 6.65. The van der Waals surface area contributed by atoms with Crippen LogP contribution in [-0.4, -0.2) is 17.6 Å². The number of halogens is 2. The van der Waals surface area contributed by atoms with E-state index in [9.17, 15) is 9.18 Å². The molecule has 14 heavy (non-hydrogen) atoms. The maximum atomic E-state index is 13.0. The van der Waals surface area contributed by atoms with Gasteiger partial charge in [-0.15, -0.1) is 0 Å². The molecule has 76 valence electrons. The van der Waals surface area contributed by atoms with Gasteiger partial charge in [-0.3, -0.25) is 9.78 Å². The zero-order chi connectivity index (χ0) is 10.6. The average molecular weight is 262 g/mol. The lowest BCUT2D eigenvalue weighted by Gasteiger charge is -2.03. The molecule has 0 N–H and O–H groups in total. The Balaban J connectivity index is 2.76. The van der Waals surface area contributed by atoms with Gasteiger partial charge in [0.2, 0.25) is 0 Å². The standard InChI is InChI=1S/C9H9BrFNO2/c1-2-14-8(13)3-6-4-12-5-7(11)9(6)10/h4-5H,2-3H2,1H3. The molecular weight excluding hydrogens is 253 g/mol. The smallest absolute Gasteiger partial charge is 0.310 e. The van der Waals surface area contributed by atoms with E-state index >= 15 is 0 Å².